The van der Waals surface area contributed by atoms with Gasteiger partial charge in [-0.3, -0.25) is 0 Å². The predicted molar refractivity (Wildman–Crippen MR) is 88.0 cm³/mol. The zero-order valence-electron chi connectivity index (χ0n) is 14.3. The summed E-state index contributed by atoms with van der Waals surface area (Å²) in [5, 5.41) is 10.0. The molecule has 7 heteroatoms. The number of carbonyl (C=O) groups excluding carboxylic acids is 1. The van der Waals surface area contributed by atoms with Crippen molar-refractivity contribution in [3.05, 3.63) is 22.8 Å². The molecule has 124 valence electrons. The Morgan fingerprint density at radius 3 is 2.83 bits per heavy atom. The summed E-state index contributed by atoms with van der Waals surface area (Å²) < 4.78 is 0. The SMILES string of the molecule is CCCC1=NC2=C3N=NNN3C(C)=C(C)C2N1CCCC(C)=O. The first-order chi connectivity index (χ1) is 11.0. The largest absolute Gasteiger partial charge is 0.347 e. The first-order valence-corrected chi connectivity index (χ1v) is 8.26. The van der Waals surface area contributed by atoms with E-state index in [1.54, 1.807) is 6.92 Å². The molecule has 0 radical (unpaired) electrons. The smallest absolute Gasteiger partial charge is 0.201 e. The van der Waals surface area contributed by atoms with Gasteiger partial charge in [0.25, 0.3) is 0 Å². The number of hydrogen-bond donors (Lipinski definition) is 1. The van der Waals surface area contributed by atoms with Crippen molar-refractivity contribution in [3.63, 3.8) is 0 Å². The molecule has 0 amide bonds. The molecule has 0 aromatic carbocycles. The van der Waals surface area contributed by atoms with Crippen LogP contribution in [0.1, 0.15) is 53.4 Å². The number of allylic oxidation sites excluding steroid dienone is 1. The second-order valence-corrected chi connectivity index (χ2v) is 6.29. The van der Waals surface area contributed by atoms with Crippen LogP contribution in [0.5, 0.6) is 0 Å². The van der Waals surface area contributed by atoms with Crippen LogP contribution in [0.3, 0.4) is 0 Å². The Balaban J connectivity index is 1.92. The summed E-state index contributed by atoms with van der Waals surface area (Å²) in [7, 11) is 0. The van der Waals surface area contributed by atoms with Gasteiger partial charge in [-0.05, 0) is 39.2 Å². The molecule has 1 atom stereocenters. The van der Waals surface area contributed by atoms with Gasteiger partial charge in [0.2, 0.25) is 5.82 Å². The third-order valence-corrected chi connectivity index (χ3v) is 4.60. The van der Waals surface area contributed by atoms with E-state index in [9.17, 15) is 4.79 Å². The molecule has 0 aliphatic carbocycles. The highest BCUT2D eigenvalue weighted by molar-refractivity contribution is 5.87. The number of rotatable bonds is 6. The highest BCUT2D eigenvalue weighted by atomic mass is 16.1. The highest BCUT2D eigenvalue weighted by Gasteiger charge is 2.41. The second-order valence-electron chi connectivity index (χ2n) is 6.29. The molecule has 0 aromatic rings. The number of aliphatic imine (C=N–C) groups is 1. The Morgan fingerprint density at radius 1 is 1.35 bits per heavy atom. The lowest BCUT2D eigenvalue weighted by molar-refractivity contribution is -0.117. The zero-order valence-corrected chi connectivity index (χ0v) is 14.3. The molecule has 3 aliphatic heterocycles. The van der Waals surface area contributed by atoms with Gasteiger partial charge in [-0.2, -0.15) is 5.53 Å². The summed E-state index contributed by atoms with van der Waals surface area (Å²) >= 11 is 0. The molecule has 0 spiro atoms. The van der Waals surface area contributed by atoms with Crippen LogP contribution in [-0.4, -0.2) is 34.1 Å². The average molecular weight is 316 g/mol. The number of nitrogens with one attached hydrogen (secondary N) is 1. The molecule has 0 bridgehead atoms. The highest BCUT2D eigenvalue weighted by Crippen LogP contribution is 2.39. The fraction of sp³-hybridized carbons (Fsp3) is 0.625. The number of carbonyl (C=O) groups is 1. The lowest BCUT2D eigenvalue weighted by Crippen LogP contribution is -2.42. The van der Waals surface area contributed by atoms with Gasteiger partial charge >= 0.3 is 0 Å². The van der Waals surface area contributed by atoms with Crippen LogP contribution in [0.15, 0.2) is 38.1 Å². The Hall–Kier alpha value is -2.18. The number of fused-ring (bicyclic) bond motifs is 2. The average Bonchev–Trinajstić information content (AvgIpc) is 3.10. The number of Topliss-reactive ketones (excluding diaryl/α,β-unsaturated/α-hetero) is 1. The summed E-state index contributed by atoms with van der Waals surface area (Å²) in [5.41, 5.74) is 6.25. The minimum atomic E-state index is 0.119. The number of hydrogen-bond acceptors (Lipinski definition) is 7. The number of nitrogens with zero attached hydrogens (tertiary/aromatic N) is 5. The fourth-order valence-electron chi connectivity index (χ4n) is 3.33. The molecule has 3 aliphatic rings. The van der Waals surface area contributed by atoms with Crippen LogP contribution >= 0.6 is 0 Å². The van der Waals surface area contributed by atoms with Crippen LogP contribution in [0.25, 0.3) is 0 Å². The Morgan fingerprint density at radius 2 is 2.13 bits per heavy atom. The normalized spacial score (nSPS) is 22.4. The summed E-state index contributed by atoms with van der Waals surface area (Å²) in [4.78, 5) is 18.5. The summed E-state index contributed by atoms with van der Waals surface area (Å²) in [6, 6.07) is 0.119. The van der Waals surface area contributed by atoms with Crippen LogP contribution in [0, 0.1) is 0 Å². The van der Waals surface area contributed by atoms with Crippen molar-refractivity contribution in [3.8, 4) is 0 Å². The van der Waals surface area contributed by atoms with E-state index < -0.39 is 0 Å². The molecule has 23 heavy (non-hydrogen) atoms. The Bertz CT molecular complexity index is 645. The minimum Gasteiger partial charge on any atom is -0.347 e. The van der Waals surface area contributed by atoms with Crippen LogP contribution < -0.4 is 5.53 Å². The van der Waals surface area contributed by atoms with Gasteiger partial charge in [-0.1, -0.05) is 12.1 Å². The molecule has 7 nitrogen and oxygen atoms in total. The van der Waals surface area contributed by atoms with Crippen molar-refractivity contribution in [2.45, 2.75) is 59.4 Å². The van der Waals surface area contributed by atoms with Gasteiger partial charge in [-0.25, -0.2) is 10.0 Å². The molecular formula is C16H24N6O. The second kappa shape index (κ2) is 6.14. The van der Waals surface area contributed by atoms with E-state index >= 15 is 0 Å². The molecule has 0 saturated heterocycles. The quantitative estimate of drug-likeness (QED) is 0.818. The van der Waals surface area contributed by atoms with E-state index in [4.69, 9.17) is 4.99 Å². The van der Waals surface area contributed by atoms with E-state index in [2.05, 4.69) is 41.5 Å². The zero-order chi connectivity index (χ0) is 16.6. The lowest BCUT2D eigenvalue weighted by Gasteiger charge is -2.34. The minimum absolute atomic E-state index is 0.119. The monoisotopic (exact) mass is 316 g/mol. The summed E-state index contributed by atoms with van der Waals surface area (Å²) in [5.74, 6) is 2.13. The number of amidine groups is 1. The number of ketones is 1. The van der Waals surface area contributed by atoms with Crippen molar-refractivity contribution in [1.29, 1.82) is 0 Å². The first kappa shape index (κ1) is 15.7. The van der Waals surface area contributed by atoms with Crippen molar-refractivity contribution < 1.29 is 4.79 Å². The molecule has 0 saturated carbocycles. The van der Waals surface area contributed by atoms with Crippen molar-refractivity contribution in [2.75, 3.05) is 6.54 Å². The van der Waals surface area contributed by atoms with Crippen molar-refractivity contribution >= 4 is 11.6 Å². The molecular weight excluding hydrogens is 292 g/mol. The van der Waals surface area contributed by atoms with E-state index in [1.807, 2.05) is 5.01 Å². The van der Waals surface area contributed by atoms with Gasteiger partial charge in [-0.15, -0.1) is 5.11 Å². The molecule has 3 heterocycles. The van der Waals surface area contributed by atoms with Gasteiger partial charge < -0.3 is 9.69 Å². The van der Waals surface area contributed by atoms with Gasteiger partial charge in [0.1, 0.15) is 17.3 Å². The van der Waals surface area contributed by atoms with Crippen molar-refractivity contribution in [2.24, 2.45) is 15.3 Å². The van der Waals surface area contributed by atoms with Crippen LogP contribution in [0.2, 0.25) is 0 Å². The maximum atomic E-state index is 11.3. The van der Waals surface area contributed by atoms with E-state index in [0.29, 0.717) is 6.42 Å². The fourth-order valence-corrected chi connectivity index (χ4v) is 3.33. The maximum Gasteiger partial charge on any atom is 0.201 e. The molecule has 1 N–H and O–H groups in total. The lowest BCUT2D eigenvalue weighted by atomic mass is 9.98. The summed E-state index contributed by atoms with van der Waals surface area (Å²) in [6.07, 6.45) is 3.45. The topological polar surface area (TPSA) is 72.7 Å². The molecule has 3 rings (SSSR count). The third kappa shape index (κ3) is 2.64. The van der Waals surface area contributed by atoms with E-state index in [-0.39, 0.29) is 11.8 Å². The maximum absolute atomic E-state index is 11.3. The Kier molecular flexibility index (Phi) is 4.19. The number of hydrazine groups is 1. The van der Waals surface area contributed by atoms with Crippen molar-refractivity contribution in [1.82, 2.24) is 15.4 Å². The standard InChI is InChI=1S/C16H24N6O/c1-5-7-13-17-14-15(21(13)9-6-8-10(2)23)11(3)12(4)22-16(14)18-19-20-22/h15H,5-9H2,1-4H3,(H,18,20). The summed E-state index contributed by atoms with van der Waals surface area (Å²) in [6.45, 7) is 8.86. The van der Waals surface area contributed by atoms with Gasteiger partial charge in [0, 0.05) is 25.1 Å². The van der Waals surface area contributed by atoms with Gasteiger partial charge in [0.15, 0.2) is 0 Å². The van der Waals surface area contributed by atoms with Gasteiger partial charge in [0.05, 0.1) is 6.04 Å². The van der Waals surface area contributed by atoms with E-state index in [1.165, 1.54) is 5.57 Å². The predicted octanol–water partition coefficient (Wildman–Crippen LogP) is 2.90. The molecule has 1 unspecified atom stereocenters. The Labute approximate surface area is 136 Å². The van der Waals surface area contributed by atoms with Crippen LogP contribution in [0.4, 0.5) is 0 Å². The van der Waals surface area contributed by atoms with E-state index in [0.717, 1.165) is 48.9 Å². The third-order valence-electron chi connectivity index (χ3n) is 4.60. The molecule has 0 aromatic heterocycles. The molecule has 0 fully saturated rings. The first-order valence-electron chi connectivity index (χ1n) is 8.26. The van der Waals surface area contributed by atoms with Crippen LogP contribution in [-0.2, 0) is 4.79 Å².